The number of aliphatic hydroxyl groups is 1. The molecule has 0 aliphatic heterocycles. The van der Waals surface area contributed by atoms with Gasteiger partial charge < -0.3 is 14.6 Å². The van der Waals surface area contributed by atoms with Crippen LogP contribution >= 0.6 is 11.8 Å². The maximum atomic E-state index is 10.0. The maximum Gasteiger partial charge on any atom is 0.119 e. The lowest BCUT2D eigenvalue weighted by atomic mass is 10.2. The summed E-state index contributed by atoms with van der Waals surface area (Å²) in [5, 5.41) is 18.6. The molecule has 0 spiro atoms. The molecule has 1 atom stereocenters. The number of nitriles is 1. The molecule has 2 aromatic carbocycles. The Bertz CT molecular complexity index is 652. The number of methoxy groups -OCH3 is 1. The molecule has 0 heterocycles. The lowest BCUT2D eigenvalue weighted by molar-refractivity contribution is 0.126. The van der Waals surface area contributed by atoms with Gasteiger partial charge in [-0.15, -0.1) is 11.8 Å². The van der Waals surface area contributed by atoms with Crippen LogP contribution in [0.15, 0.2) is 53.4 Å². The minimum Gasteiger partial charge on any atom is -0.497 e. The quantitative estimate of drug-likeness (QED) is 0.753. The molecule has 0 saturated heterocycles. The van der Waals surface area contributed by atoms with Gasteiger partial charge in [-0.05, 0) is 35.9 Å². The molecule has 4 nitrogen and oxygen atoms in total. The van der Waals surface area contributed by atoms with Gasteiger partial charge in [0.2, 0.25) is 0 Å². The average molecular weight is 329 g/mol. The first-order valence-corrected chi connectivity index (χ1v) is 8.23. The number of hydrogen-bond donors (Lipinski definition) is 1. The van der Waals surface area contributed by atoms with E-state index in [1.807, 2.05) is 48.5 Å². The number of aliphatic hydroxyl groups excluding tert-OH is 1. The molecule has 5 heteroatoms. The molecule has 1 unspecified atom stereocenters. The Balaban J connectivity index is 1.76. The van der Waals surface area contributed by atoms with E-state index in [0.29, 0.717) is 17.9 Å². The standard InChI is InChI=1S/C18H19NO3S/c1-21-17-3-2-4-18(11-17)23-13-15(20)12-22-16-7-5-14(6-8-16)9-10-19/h2-8,11,15,20H,9,12-13H2,1H3. The summed E-state index contributed by atoms with van der Waals surface area (Å²) in [6.45, 7) is 0.231. The predicted molar refractivity (Wildman–Crippen MR) is 91.0 cm³/mol. The minimum absolute atomic E-state index is 0.231. The van der Waals surface area contributed by atoms with E-state index in [4.69, 9.17) is 14.7 Å². The topological polar surface area (TPSA) is 62.5 Å². The fourth-order valence-corrected chi connectivity index (χ4v) is 2.77. The smallest absolute Gasteiger partial charge is 0.119 e. The fraction of sp³-hybridized carbons (Fsp3) is 0.278. The molecule has 0 fully saturated rings. The normalized spacial score (nSPS) is 11.5. The van der Waals surface area contributed by atoms with E-state index in [-0.39, 0.29) is 6.61 Å². The number of hydrogen-bond acceptors (Lipinski definition) is 5. The second-order valence-corrected chi connectivity index (χ2v) is 6.03. The van der Waals surface area contributed by atoms with Crippen LogP contribution in [0.25, 0.3) is 0 Å². The molecule has 2 rings (SSSR count). The Hall–Kier alpha value is -2.16. The van der Waals surface area contributed by atoms with Gasteiger partial charge in [-0.25, -0.2) is 0 Å². The molecule has 0 saturated carbocycles. The van der Waals surface area contributed by atoms with Gasteiger partial charge >= 0.3 is 0 Å². The van der Waals surface area contributed by atoms with Crippen LogP contribution in [0.1, 0.15) is 5.56 Å². The largest absolute Gasteiger partial charge is 0.497 e. The van der Waals surface area contributed by atoms with E-state index in [1.54, 1.807) is 18.9 Å². The number of benzene rings is 2. The van der Waals surface area contributed by atoms with Gasteiger partial charge in [-0.3, -0.25) is 0 Å². The highest BCUT2D eigenvalue weighted by Gasteiger charge is 2.07. The van der Waals surface area contributed by atoms with E-state index in [0.717, 1.165) is 16.2 Å². The van der Waals surface area contributed by atoms with Crippen LogP contribution < -0.4 is 9.47 Å². The van der Waals surface area contributed by atoms with Gasteiger partial charge in [0.25, 0.3) is 0 Å². The average Bonchev–Trinajstić information content (AvgIpc) is 2.60. The first-order valence-electron chi connectivity index (χ1n) is 7.25. The third kappa shape index (κ3) is 5.85. The Kier molecular flexibility index (Phi) is 6.79. The number of nitrogens with zero attached hydrogens (tertiary/aromatic N) is 1. The summed E-state index contributed by atoms with van der Waals surface area (Å²) >= 11 is 1.56. The maximum absolute atomic E-state index is 10.0. The molecule has 0 bridgehead atoms. The molecule has 23 heavy (non-hydrogen) atoms. The predicted octanol–water partition coefficient (Wildman–Crippen LogP) is 3.29. The summed E-state index contributed by atoms with van der Waals surface area (Å²) in [5.74, 6) is 2.04. The molecule has 0 radical (unpaired) electrons. The van der Waals surface area contributed by atoms with Crippen molar-refractivity contribution in [3.8, 4) is 17.6 Å². The third-order valence-electron chi connectivity index (χ3n) is 3.13. The highest BCUT2D eigenvalue weighted by Crippen LogP contribution is 2.23. The Morgan fingerprint density at radius 1 is 1.17 bits per heavy atom. The number of rotatable bonds is 8. The molecule has 0 aliphatic rings. The van der Waals surface area contributed by atoms with E-state index < -0.39 is 6.10 Å². The van der Waals surface area contributed by atoms with Crippen molar-refractivity contribution >= 4 is 11.8 Å². The second-order valence-electron chi connectivity index (χ2n) is 4.93. The van der Waals surface area contributed by atoms with Crippen LogP contribution in [0.4, 0.5) is 0 Å². The van der Waals surface area contributed by atoms with E-state index >= 15 is 0 Å². The number of thioether (sulfide) groups is 1. The molecule has 1 N–H and O–H groups in total. The summed E-state index contributed by atoms with van der Waals surface area (Å²) in [4.78, 5) is 1.05. The highest BCUT2D eigenvalue weighted by atomic mass is 32.2. The zero-order valence-electron chi connectivity index (χ0n) is 12.9. The molecule has 0 aliphatic carbocycles. The molecule has 120 valence electrons. The van der Waals surface area contributed by atoms with Crippen LogP contribution in [-0.2, 0) is 6.42 Å². The summed E-state index contributed by atoms with van der Waals surface area (Å²) in [7, 11) is 1.63. The third-order valence-corrected chi connectivity index (χ3v) is 4.27. The van der Waals surface area contributed by atoms with Gasteiger partial charge in [0.15, 0.2) is 0 Å². The Morgan fingerprint density at radius 2 is 1.96 bits per heavy atom. The fourth-order valence-electron chi connectivity index (χ4n) is 1.92. The highest BCUT2D eigenvalue weighted by molar-refractivity contribution is 7.99. The van der Waals surface area contributed by atoms with Gasteiger partial charge in [-0.2, -0.15) is 5.26 Å². The van der Waals surface area contributed by atoms with E-state index in [9.17, 15) is 5.11 Å². The van der Waals surface area contributed by atoms with Crippen molar-refractivity contribution in [1.82, 2.24) is 0 Å². The van der Waals surface area contributed by atoms with E-state index in [2.05, 4.69) is 6.07 Å². The lowest BCUT2D eigenvalue weighted by Gasteiger charge is -2.12. The summed E-state index contributed by atoms with van der Waals surface area (Å²) in [5.41, 5.74) is 0.953. The van der Waals surface area contributed by atoms with Crippen molar-refractivity contribution in [1.29, 1.82) is 5.26 Å². The van der Waals surface area contributed by atoms with Crippen LogP contribution in [-0.4, -0.2) is 30.7 Å². The van der Waals surface area contributed by atoms with Gasteiger partial charge in [0.1, 0.15) is 18.1 Å². The van der Waals surface area contributed by atoms with Crippen molar-refractivity contribution in [2.75, 3.05) is 19.5 Å². The second kappa shape index (κ2) is 9.09. The summed E-state index contributed by atoms with van der Waals surface area (Å²) in [6, 6.07) is 17.2. The van der Waals surface area contributed by atoms with Crippen LogP contribution in [0, 0.1) is 11.3 Å². The van der Waals surface area contributed by atoms with Crippen molar-refractivity contribution in [3.05, 3.63) is 54.1 Å². The lowest BCUT2D eigenvalue weighted by Crippen LogP contribution is -2.20. The van der Waals surface area contributed by atoms with Crippen molar-refractivity contribution < 1.29 is 14.6 Å². The molecule has 0 amide bonds. The Labute approximate surface area is 140 Å². The monoisotopic (exact) mass is 329 g/mol. The van der Waals surface area contributed by atoms with Gasteiger partial charge in [0.05, 0.1) is 25.7 Å². The Morgan fingerprint density at radius 3 is 2.65 bits per heavy atom. The van der Waals surface area contributed by atoms with Crippen molar-refractivity contribution in [2.24, 2.45) is 0 Å². The summed E-state index contributed by atoms with van der Waals surface area (Å²) < 4.78 is 10.7. The van der Waals surface area contributed by atoms with E-state index in [1.165, 1.54) is 0 Å². The SMILES string of the molecule is COc1cccc(SCC(O)COc2ccc(CC#N)cc2)c1. The minimum atomic E-state index is -0.565. The molecular weight excluding hydrogens is 310 g/mol. The molecular formula is C18H19NO3S. The van der Waals surface area contributed by atoms with Crippen LogP contribution in [0.2, 0.25) is 0 Å². The van der Waals surface area contributed by atoms with Gasteiger partial charge in [0, 0.05) is 10.6 Å². The van der Waals surface area contributed by atoms with Gasteiger partial charge in [-0.1, -0.05) is 18.2 Å². The zero-order chi connectivity index (χ0) is 16.5. The first kappa shape index (κ1) is 17.2. The molecule has 0 aromatic heterocycles. The van der Waals surface area contributed by atoms with Crippen LogP contribution in [0.3, 0.4) is 0 Å². The van der Waals surface area contributed by atoms with Crippen LogP contribution in [0.5, 0.6) is 11.5 Å². The first-order chi connectivity index (χ1) is 11.2. The number of ether oxygens (including phenoxy) is 2. The van der Waals surface area contributed by atoms with Crippen molar-refractivity contribution in [3.63, 3.8) is 0 Å². The molecule has 2 aromatic rings. The van der Waals surface area contributed by atoms with Crippen molar-refractivity contribution in [2.45, 2.75) is 17.4 Å². The summed E-state index contributed by atoms with van der Waals surface area (Å²) in [6.07, 6.45) is -0.176. The zero-order valence-corrected chi connectivity index (χ0v) is 13.8.